The van der Waals surface area contributed by atoms with Crippen molar-refractivity contribution in [2.45, 2.75) is 47.2 Å². The molecule has 2 N–H and O–H groups in total. The van der Waals surface area contributed by atoms with Gasteiger partial charge in [0, 0.05) is 12.1 Å². The van der Waals surface area contributed by atoms with E-state index in [2.05, 4.69) is 42.7 Å². The maximum absolute atomic E-state index is 12.0. The van der Waals surface area contributed by atoms with Crippen molar-refractivity contribution in [1.82, 2.24) is 10.6 Å². The minimum absolute atomic E-state index is 0.0363. The zero-order valence-electron chi connectivity index (χ0n) is 13.9. The summed E-state index contributed by atoms with van der Waals surface area (Å²) >= 11 is 0. The van der Waals surface area contributed by atoms with E-state index in [0.717, 1.165) is 22.6 Å². The summed E-state index contributed by atoms with van der Waals surface area (Å²) in [7, 11) is 0. The third kappa shape index (κ3) is 4.13. The van der Waals surface area contributed by atoms with E-state index in [1.807, 2.05) is 26.8 Å². The zero-order chi connectivity index (χ0) is 16.3. The minimum atomic E-state index is -0.176. The maximum atomic E-state index is 12.0. The lowest BCUT2D eigenvalue weighted by molar-refractivity contribution is 0.237. The van der Waals surface area contributed by atoms with E-state index in [0.29, 0.717) is 6.54 Å². The Morgan fingerprint density at radius 1 is 1.09 bits per heavy atom. The van der Waals surface area contributed by atoms with Crippen molar-refractivity contribution >= 4 is 6.03 Å². The number of amides is 2. The number of hydrogen-bond donors (Lipinski definition) is 2. The highest BCUT2D eigenvalue weighted by Crippen LogP contribution is 2.17. The number of aryl methyl sites for hydroxylation is 4. The van der Waals surface area contributed by atoms with Crippen LogP contribution in [0.4, 0.5) is 4.79 Å². The van der Waals surface area contributed by atoms with Gasteiger partial charge in [-0.1, -0.05) is 29.3 Å². The summed E-state index contributed by atoms with van der Waals surface area (Å²) < 4.78 is 5.45. The summed E-state index contributed by atoms with van der Waals surface area (Å²) in [5.74, 6) is 1.71. The molecule has 0 radical (unpaired) electrons. The molecule has 1 heterocycles. The molecule has 0 saturated carbocycles. The Kier molecular flexibility index (Phi) is 4.91. The number of hydrogen-bond acceptors (Lipinski definition) is 2. The molecule has 2 rings (SSSR count). The first-order chi connectivity index (χ1) is 10.3. The van der Waals surface area contributed by atoms with Gasteiger partial charge in [-0.05, 0) is 46.2 Å². The Labute approximate surface area is 131 Å². The van der Waals surface area contributed by atoms with Crippen LogP contribution in [0.3, 0.4) is 0 Å². The number of carbonyl (C=O) groups is 1. The third-order valence-electron chi connectivity index (χ3n) is 3.67. The van der Waals surface area contributed by atoms with Crippen LogP contribution < -0.4 is 10.6 Å². The number of benzene rings is 1. The average Bonchev–Trinajstić information content (AvgIpc) is 2.73. The van der Waals surface area contributed by atoms with E-state index in [1.165, 1.54) is 11.1 Å². The summed E-state index contributed by atoms with van der Waals surface area (Å²) in [6, 6.07) is 8.06. The monoisotopic (exact) mass is 300 g/mol. The van der Waals surface area contributed by atoms with Crippen LogP contribution in [0.1, 0.15) is 46.7 Å². The van der Waals surface area contributed by atoms with Gasteiger partial charge in [0.15, 0.2) is 0 Å². The number of furan rings is 1. The second kappa shape index (κ2) is 6.69. The van der Waals surface area contributed by atoms with Gasteiger partial charge in [-0.25, -0.2) is 4.79 Å². The highest BCUT2D eigenvalue weighted by Gasteiger charge is 2.11. The second-order valence-corrected chi connectivity index (χ2v) is 5.91. The highest BCUT2D eigenvalue weighted by atomic mass is 16.3. The lowest BCUT2D eigenvalue weighted by Crippen LogP contribution is -2.36. The van der Waals surface area contributed by atoms with Crippen LogP contribution in [0, 0.1) is 27.7 Å². The van der Waals surface area contributed by atoms with Gasteiger partial charge < -0.3 is 15.1 Å². The van der Waals surface area contributed by atoms with Gasteiger partial charge >= 0.3 is 6.03 Å². The SMILES string of the molecule is Cc1cc(C)cc(C(C)NC(=O)NCc2cc(C)oc2C)c1. The van der Waals surface area contributed by atoms with Crippen molar-refractivity contribution in [2.75, 3.05) is 0 Å². The lowest BCUT2D eigenvalue weighted by atomic mass is 10.0. The minimum Gasteiger partial charge on any atom is -0.466 e. The van der Waals surface area contributed by atoms with Gasteiger partial charge in [0.25, 0.3) is 0 Å². The summed E-state index contributed by atoms with van der Waals surface area (Å²) in [4.78, 5) is 12.0. The van der Waals surface area contributed by atoms with Crippen molar-refractivity contribution in [3.8, 4) is 0 Å². The molecule has 2 aromatic rings. The van der Waals surface area contributed by atoms with Gasteiger partial charge in [0.1, 0.15) is 11.5 Å². The zero-order valence-corrected chi connectivity index (χ0v) is 13.9. The molecule has 0 bridgehead atoms. The van der Waals surface area contributed by atoms with Crippen LogP contribution in [0.25, 0.3) is 0 Å². The topological polar surface area (TPSA) is 54.3 Å². The first kappa shape index (κ1) is 16.1. The molecule has 1 aromatic heterocycles. The standard InChI is InChI=1S/C18H24N2O2/c1-11-6-12(2)8-16(7-11)14(4)20-18(21)19-10-17-9-13(3)22-15(17)5/h6-9,14H,10H2,1-5H3,(H2,19,20,21). The highest BCUT2D eigenvalue weighted by molar-refractivity contribution is 5.74. The molecule has 0 saturated heterocycles. The van der Waals surface area contributed by atoms with E-state index in [4.69, 9.17) is 4.42 Å². The molecular formula is C18H24N2O2. The fourth-order valence-corrected chi connectivity index (χ4v) is 2.63. The van der Waals surface area contributed by atoms with Gasteiger partial charge in [0.2, 0.25) is 0 Å². The molecule has 2 amide bonds. The summed E-state index contributed by atoms with van der Waals surface area (Å²) in [5.41, 5.74) is 4.52. The fourth-order valence-electron chi connectivity index (χ4n) is 2.63. The van der Waals surface area contributed by atoms with Crippen molar-refractivity contribution in [2.24, 2.45) is 0 Å². The van der Waals surface area contributed by atoms with E-state index in [9.17, 15) is 4.79 Å². The largest absolute Gasteiger partial charge is 0.466 e. The van der Waals surface area contributed by atoms with Crippen LogP contribution in [0.5, 0.6) is 0 Å². The van der Waals surface area contributed by atoms with E-state index < -0.39 is 0 Å². The molecule has 4 heteroatoms. The van der Waals surface area contributed by atoms with Gasteiger partial charge in [-0.15, -0.1) is 0 Å². The predicted octanol–water partition coefficient (Wildman–Crippen LogP) is 4.07. The van der Waals surface area contributed by atoms with Crippen LogP contribution in [-0.2, 0) is 6.54 Å². The van der Waals surface area contributed by atoms with Crippen molar-refractivity contribution in [3.05, 3.63) is 58.0 Å². The van der Waals surface area contributed by atoms with Gasteiger partial charge in [-0.3, -0.25) is 0 Å². The Morgan fingerprint density at radius 3 is 2.27 bits per heavy atom. The third-order valence-corrected chi connectivity index (χ3v) is 3.67. The molecule has 118 valence electrons. The molecular weight excluding hydrogens is 276 g/mol. The summed E-state index contributed by atoms with van der Waals surface area (Å²) in [6.45, 7) is 10.4. The van der Waals surface area contributed by atoms with Crippen LogP contribution in [0.2, 0.25) is 0 Å². The molecule has 22 heavy (non-hydrogen) atoms. The normalized spacial score (nSPS) is 12.0. The summed E-state index contributed by atoms with van der Waals surface area (Å²) in [6.07, 6.45) is 0. The second-order valence-electron chi connectivity index (χ2n) is 5.91. The average molecular weight is 300 g/mol. The Balaban J connectivity index is 1.92. The molecule has 1 aromatic carbocycles. The molecule has 0 fully saturated rings. The predicted molar refractivity (Wildman–Crippen MR) is 87.9 cm³/mol. The molecule has 1 unspecified atom stereocenters. The Hall–Kier alpha value is -2.23. The first-order valence-corrected chi connectivity index (χ1v) is 7.53. The van der Waals surface area contributed by atoms with E-state index in [1.54, 1.807) is 0 Å². The van der Waals surface area contributed by atoms with Gasteiger partial charge in [-0.2, -0.15) is 0 Å². The maximum Gasteiger partial charge on any atom is 0.315 e. The van der Waals surface area contributed by atoms with Crippen molar-refractivity contribution < 1.29 is 9.21 Å². The lowest BCUT2D eigenvalue weighted by Gasteiger charge is -2.16. The molecule has 0 spiro atoms. The van der Waals surface area contributed by atoms with Crippen LogP contribution >= 0.6 is 0 Å². The molecule has 0 aliphatic rings. The molecule has 0 aliphatic heterocycles. The number of nitrogens with one attached hydrogen (secondary N) is 2. The summed E-state index contributed by atoms with van der Waals surface area (Å²) in [5, 5.41) is 5.84. The fraction of sp³-hybridized carbons (Fsp3) is 0.389. The smallest absolute Gasteiger partial charge is 0.315 e. The van der Waals surface area contributed by atoms with Gasteiger partial charge in [0.05, 0.1) is 6.04 Å². The quantitative estimate of drug-likeness (QED) is 0.894. The van der Waals surface area contributed by atoms with Crippen LogP contribution in [-0.4, -0.2) is 6.03 Å². The Morgan fingerprint density at radius 2 is 1.73 bits per heavy atom. The first-order valence-electron chi connectivity index (χ1n) is 7.53. The number of carbonyl (C=O) groups excluding carboxylic acids is 1. The number of rotatable bonds is 4. The molecule has 0 aliphatic carbocycles. The molecule has 1 atom stereocenters. The Bertz CT molecular complexity index is 653. The van der Waals surface area contributed by atoms with E-state index in [-0.39, 0.29) is 12.1 Å². The van der Waals surface area contributed by atoms with E-state index >= 15 is 0 Å². The van der Waals surface area contributed by atoms with Crippen molar-refractivity contribution in [1.29, 1.82) is 0 Å². The van der Waals surface area contributed by atoms with Crippen LogP contribution in [0.15, 0.2) is 28.7 Å². The molecule has 4 nitrogen and oxygen atoms in total. The van der Waals surface area contributed by atoms with Crippen molar-refractivity contribution in [3.63, 3.8) is 0 Å². The number of urea groups is 1.